The van der Waals surface area contributed by atoms with Gasteiger partial charge in [0.2, 0.25) is 11.8 Å². The highest BCUT2D eigenvalue weighted by molar-refractivity contribution is 7.20. The van der Waals surface area contributed by atoms with Crippen LogP contribution in [0.5, 0.6) is 0 Å². The third-order valence-corrected chi connectivity index (χ3v) is 6.52. The second-order valence-corrected chi connectivity index (χ2v) is 8.99. The molecule has 0 unspecified atom stereocenters. The fraction of sp³-hybridized carbons (Fsp3) is 0.160. The normalized spacial score (nSPS) is 10.7. The molecule has 4 aromatic rings. The molecule has 0 atom stereocenters. The Bertz CT molecular complexity index is 1500. The van der Waals surface area contributed by atoms with Gasteiger partial charge < -0.3 is 16.0 Å². The number of hydrogen-bond acceptors (Lipinski definition) is 6. The summed E-state index contributed by atoms with van der Waals surface area (Å²) in [5.41, 5.74) is 2.88. The molecule has 2 aromatic carbocycles. The Morgan fingerprint density at radius 2 is 1.60 bits per heavy atom. The number of hydrogen-bond donors (Lipinski definition) is 3. The molecule has 3 amide bonds. The molecule has 3 N–H and O–H groups in total. The van der Waals surface area contributed by atoms with Crippen LogP contribution in [-0.4, -0.2) is 27.3 Å². The first kappa shape index (κ1) is 23.8. The molecule has 0 radical (unpaired) electrons. The van der Waals surface area contributed by atoms with Crippen LogP contribution in [0.1, 0.15) is 27.7 Å². The predicted octanol–water partition coefficient (Wildman–Crippen LogP) is 3.92. The number of benzene rings is 2. The highest BCUT2D eigenvalue weighted by Gasteiger charge is 2.20. The Kier molecular flexibility index (Phi) is 6.74. The predicted molar refractivity (Wildman–Crippen MR) is 137 cm³/mol. The molecule has 10 heteroatoms. The van der Waals surface area contributed by atoms with Crippen LogP contribution in [0.2, 0.25) is 0 Å². The maximum atomic E-state index is 13.1. The molecule has 0 saturated heterocycles. The number of aryl methyl sites for hydroxylation is 2. The molecule has 0 bridgehead atoms. The quantitative estimate of drug-likeness (QED) is 0.379. The van der Waals surface area contributed by atoms with E-state index in [2.05, 4.69) is 20.9 Å². The van der Waals surface area contributed by atoms with Crippen LogP contribution in [0.3, 0.4) is 0 Å². The minimum atomic E-state index is -0.411. The number of rotatable bonds is 6. The van der Waals surface area contributed by atoms with Gasteiger partial charge in [-0.2, -0.15) is 0 Å². The Balaban J connectivity index is 1.52. The van der Waals surface area contributed by atoms with Gasteiger partial charge in [-0.05, 0) is 55.3 Å². The van der Waals surface area contributed by atoms with E-state index >= 15 is 0 Å². The first-order chi connectivity index (χ1) is 16.7. The van der Waals surface area contributed by atoms with E-state index in [0.717, 1.165) is 16.9 Å². The first-order valence-corrected chi connectivity index (χ1v) is 11.6. The molecule has 9 nitrogen and oxygen atoms in total. The number of nitrogens with one attached hydrogen (secondary N) is 3. The van der Waals surface area contributed by atoms with Crippen molar-refractivity contribution in [2.24, 2.45) is 0 Å². The van der Waals surface area contributed by atoms with Crippen LogP contribution in [0, 0.1) is 13.8 Å². The first-order valence-electron chi connectivity index (χ1n) is 10.8. The number of carbonyl (C=O) groups excluding carboxylic acids is 3. The minimum absolute atomic E-state index is 0.191. The summed E-state index contributed by atoms with van der Waals surface area (Å²) in [5, 5.41) is 8.57. The Labute approximate surface area is 204 Å². The zero-order valence-corrected chi connectivity index (χ0v) is 20.2. The molecule has 0 aliphatic carbocycles. The molecule has 35 heavy (non-hydrogen) atoms. The lowest BCUT2D eigenvalue weighted by atomic mass is 10.2. The Morgan fingerprint density at radius 3 is 2.26 bits per heavy atom. The van der Waals surface area contributed by atoms with Crippen molar-refractivity contribution in [3.8, 4) is 0 Å². The number of thiophene rings is 1. The zero-order chi connectivity index (χ0) is 25.1. The van der Waals surface area contributed by atoms with Crippen molar-refractivity contribution in [3.63, 3.8) is 0 Å². The highest BCUT2D eigenvalue weighted by Crippen LogP contribution is 2.28. The van der Waals surface area contributed by atoms with Crippen LogP contribution in [0.15, 0.2) is 59.7 Å². The van der Waals surface area contributed by atoms with E-state index in [9.17, 15) is 19.2 Å². The van der Waals surface area contributed by atoms with E-state index in [1.54, 1.807) is 31.2 Å². The molecule has 0 aliphatic heterocycles. The number of fused-ring (bicyclic) bond motifs is 1. The van der Waals surface area contributed by atoms with Crippen LogP contribution >= 0.6 is 11.3 Å². The van der Waals surface area contributed by atoms with Crippen molar-refractivity contribution in [2.75, 3.05) is 16.0 Å². The van der Waals surface area contributed by atoms with Crippen molar-refractivity contribution in [1.82, 2.24) is 9.55 Å². The lowest BCUT2D eigenvalue weighted by molar-refractivity contribution is -0.117. The van der Waals surface area contributed by atoms with Crippen molar-refractivity contribution < 1.29 is 14.4 Å². The summed E-state index contributed by atoms with van der Waals surface area (Å²) in [6.45, 7) is 4.77. The standard InChI is InChI=1S/C25H23N5O4S/c1-14-6-4-5-7-19(14)29-23(33)22-15(2)21-24(35-22)26-13-30(25(21)34)12-20(32)28-18-10-8-17(9-11-18)27-16(3)31/h4-11,13H,12H2,1-3H3,(H,27,31)(H,28,32)(H,29,33). The number of nitrogens with zero attached hydrogens (tertiary/aromatic N) is 2. The van der Waals surface area contributed by atoms with Gasteiger partial charge in [0, 0.05) is 24.0 Å². The van der Waals surface area contributed by atoms with Crippen LogP contribution in [0.4, 0.5) is 17.1 Å². The summed E-state index contributed by atoms with van der Waals surface area (Å²) in [6.07, 6.45) is 1.31. The molecule has 178 valence electrons. The largest absolute Gasteiger partial charge is 0.326 e. The summed E-state index contributed by atoms with van der Waals surface area (Å²) in [6, 6.07) is 14.1. The summed E-state index contributed by atoms with van der Waals surface area (Å²) in [7, 11) is 0. The van der Waals surface area contributed by atoms with Gasteiger partial charge in [0.1, 0.15) is 11.4 Å². The van der Waals surface area contributed by atoms with E-state index in [0.29, 0.717) is 37.7 Å². The third kappa shape index (κ3) is 5.28. The monoisotopic (exact) mass is 489 g/mol. The number of amides is 3. The lowest BCUT2D eigenvalue weighted by Crippen LogP contribution is -2.28. The van der Waals surface area contributed by atoms with Gasteiger partial charge >= 0.3 is 0 Å². The second kappa shape index (κ2) is 9.90. The smallest absolute Gasteiger partial charge is 0.266 e. The van der Waals surface area contributed by atoms with E-state index in [-0.39, 0.29) is 18.4 Å². The summed E-state index contributed by atoms with van der Waals surface area (Å²) in [5.74, 6) is -0.916. The van der Waals surface area contributed by atoms with Gasteiger partial charge in [-0.3, -0.25) is 23.7 Å². The Hall–Kier alpha value is -4.31. The summed E-state index contributed by atoms with van der Waals surface area (Å²) >= 11 is 1.14. The molecule has 2 heterocycles. The Morgan fingerprint density at radius 1 is 0.943 bits per heavy atom. The van der Waals surface area contributed by atoms with Crippen LogP contribution < -0.4 is 21.5 Å². The minimum Gasteiger partial charge on any atom is -0.326 e. The zero-order valence-electron chi connectivity index (χ0n) is 19.3. The molecule has 0 spiro atoms. The second-order valence-electron chi connectivity index (χ2n) is 7.99. The van der Waals surface area contributed by atoms with Gasteiger partial charge in [0.25, 0.3) is 11.5 Å². The van der Waals surface area contributed by atoms with Crippen molar-refractivity contribution in [2.45, 2.75) is 27.3 Å². The highest BCUT2D eigenvalue weighted by atomic mass is 32.1. The van der Waals surface area contributed by atoms with E-state index in [1.807, 2.05) is 31.2 Å². The maximum absolute atomic E-state index is 13.1. The fourth-order valence-corrected chi connectivity index (χ4v) is 4.61. The van der Waals surface area contributed by atoms with Crippen molar-refractivity contribution in [1.29, 1.82) is 0 Å². The number of carbonyl (C=O) groups is 3. The number of para-hydroxylation sites is 1. The van der Waals surface area contributed by atoms with E-state index < -0.39 is 11.5 Å². The van der Waals surface area contributed by atoms with Crippen LogP contribution in [-0.2, 0) is 16.1 Å². The molecular weight excluding hydrogens is 466 g/mol. The van der Waals surface area contributed by atoms with E-state index in [4.69, 9.17) is 0 Å². The fourth-order valence-electron chi connectivity index (χ4n) is 3.58. The molecule has 2 aromatic heterocycles. The van der Waals surface area contributed by atoms with Crippen molar-refractivity contribution in [3.05, 3.63) is 81.2 Å². The maximum Gasteiger partial charge on any atom is 0.266 e. The van der Waals surface area contributed by atoms with Gasteiger partial charge in [-0.25, -0.2) is 4.98 Å². The average Bonchev–Trinajstić information content (AvgIpc) is 3.15. The summed E-state index contributed by atoms with van der Waals surface area (Å²) in [4.78, 5) is 54.8. The van der Waals surface area contributed by atoms with Crippen LogP contribution in [0.25, 0.3) is 10.2 Å². The number of anilines is 3. The summed E-state index contributed by atoms with van der Waals surface area (Å²) < 4.78 is 1.21. The van der Waals surface area contributed by atoms with Crippen molar-refractivity contribution >= 4 is 56.3 Å². The van der Waals surface area contributed by atoms with E-state index in [1.165, 1.54) is 17.8 Å². The van der Waals surface area contributed by atoms with Gasteiger partial charge in [0.15, 0.2) is 0 Å². The topological polar surface area (TPSA) is 122 Å². The van der Waals surface area contributed by atoms with Gasteiger partial charge in [0.05, 0.1) is 16.6 Å². The third-order valence-electron chi connectivity index (χ3n) is 5.32. The molecule has 4 rings (SSSR count). The SMILES string of the molecule is CC(=O)Nc1ccc(NC(=O)Cn2cnc3sc(C(=O)Nc4ccccc4C)c(C)c3c2=O)cc1. The van der Waals surface area contributed by atoms with Gasteiger partial charge in [-0.15, -0.1) is 11.3 Å². The lowest BCUT2D eigenvalue weighted by Gasteiger charge is -2.08. The van der Waals surface area contributed by atoms with Gasteiger partial charge in [-0.1, -0.05) is 18.2 Å². The molecule has 0 aliphatic rings. The molecule has 0 fully saturated rings. The average molecular weight is 490 g/mol. The molecule has 0 saturated carbocycles. The molecular formula is C25H23N5O4S. The number of aromatic nitrogens is 2.